The summed E-state index contributed by atoms with van der Waals surface area (Å²) in [4.78, 5) is 19.4. The molecule has 0 aliphatic rings. The van der Waals surface area contributed by atoms with Crippen LogP contribution >= 0.6 is 34.4 Å². The van der Waals surface area contributed by atoms with Crippen molar-refractivity contribution in [3.05, 3.63) is 35.4 Å². The van der Waals surface area contributed by atoms with Crippen molar-refractivity contribution in [3.63, 3.8) is 0 Å². The summed E-state index contributed by atoms with van der Waals surface area (Å²) in [7, 11) is 1.69. The lowest BCUT2D eigenvalue weighted by Gasteiger charge is -2.28. The average molecular weight is 507 g/mol. The fourth-order valence-corrected chi connectivity index (χ4v) is 3.66. The van der Waals surface area contributed by atoms with Gasteiger partial charge in [0.1, 0.15) is 11.4 Å². The molecule has 0 spiro atoms. The zero-order chi connectivity index (χ0) is 21.2. The van der Waals surface area contributed by atoms with E-state index in [1.54, 1.807) is 23.7 Å². The molecule has 27 heavy (non-hydrogen) atoms. The monoisotopic (exact) mass is 507 g/mol. The summed E-state index contributed by atoms with van der Waals surface area (Å²) >= 11 is 4.05. The van der Waals surface area contributed by atoms with Gasteiger partial charge in [0, 0.05) is 24.2 Å². The van der Waals surface area contributed by atoms with E-state index in [1.165, 1.54) is 0 Å². The van der Waals surface area contributed by atoms with Crippen molar-refractivity contribution in [3.8, 4) is 0 Å². The summed E-state index contributed by atoms with van der Waals surface area (Å²) in [6.45, 7) is 20.8. The highest BCUT2D eigenvalue weighted by molar-refractivity contribution is 14.1. The van der Waals surface area contributed by atoms with Crippen LogP contribution in [0, 0.1) is 0 Å². The minimum absolute atomic E-state index is 0.339. The van der Waals surface area contributed by atoms with Crippen LogP contribution in [0.5, 0.6) is 0 Å². The molecule has 1 amide bonds. The van der Waals surface area contributed by atoms with E-state index in [2.05, 4.69) is 53.0 Å². The van der Waals surface area contributed by atoms with Crippen LogP contribution in [-0.2, 0) is 4.74 Å². The summed E-state index contributed by atoms with van der Waals surface area (Å²) in [6.07, 6.45) is 2.49. The summed E-state index contributed by atoms with van der Waals surface area (Å²) in [5.41, 5.74) is 1.18. The van der Waals surface area contributed by atoms with Crippen LogP contribution in [-0.4, -0.2) is 45.8 Å². The number of halogens is 1. The number of nitrogens with one attached hydrogen (secondary N) is 1. The molecule has 0 aliphatic heterocycles. The molecule has 0 aliphatic carbocycles. The van der Waals surface area contributed by atoms with E-state index in [9.17, 15) is 4.79 Å². The van der Waals surface area contributed by atoms with Gasteiger partial charge in [0.25, 0.3) is 0 Å². The van der Waals surface area contributed by atoms with Gasteiger partial charge in [0.05, 0.1) is 9.80 Å². The van der Waals surface area contributed by atoms with E-state index < -0.39 is 5.60 Å². The molecule has 0 saturated carbocycles. The van der Waals surface area contributed by atoms with E-state index in [-0.39, 0.29) is 6.09 Å². The standard InChI is InChI=1S/C20H34IN3O2S/c1-10-11-24(19(25)26-20(6,7)8)13-18(22-9)23-16(4)14(2)12-15(3)27-17(5)21/h12,17H,3-4,10-11,13H2,1-2,5-9H3,(H,22,23)/b14-12+. The molecule has 0 saturated heterocycles. The van der Waals surface area contributed by atoms with Crippen LogP contribution in [0.2, 0.25) is 0 Å². The Balaban J connectivity index is 5.04. The molecule has 0 radical (unpaired) electrons. The molecule has 0 rings (SSSR count). The molecule has 0 aromatic rings. The Morgan fingerprint density at radius 3 is 2.44 bits per heavy atom. The number of carbonyl (C=O) groups excluding carboxylic acids is 1. The SMILES string of the molecule is C=C(/C=C(\C)C(=C)NC(CN(CCC)C(=O)OC(C)(C)C)=NC)SC(C)I. The molecule has 0 fully saturated rings. The van der Waals surface area contributed by atoms with Crippen LogP contribution in [0.3, 0.4) is 0 Å². The minimum Gasteiger partial charge on any atom is -0.444 e. The van der Waals surface area contributed by atoms with Crippen LogP contribution in [0.4, 0.5) is 4.79 Å². The molecule has 0 heterocycles. The Morgan fingerprint density at radius 1 is 1.41 bits per heavy atom. The van der Waals surface area contributed by atoms with E-state index in [0.29, 0.717) is 22.2 Å². The fourth-order valence-electron chi connectivity index (χ4n) is 2.02. The molecular formula is C20H34IN3O2S. The molecular weight excluding hydrogens is 473 g/mol. The predicted octanol–water partition coefficient (Wildman–Crippen LogP) is 5.74. The van der Waals surface area contributed by atoms with Gasteiger partial charge in [0.2, 0.25) is 0 Å². The molecule has 5 nitrogen and oxygen atoms in total. The molecule has 0 aromatic heterocycles. The van der Waals surface area contributed by atoms with Gasteiger partial charge in [-0.3, -0.25) is 4.99 Å². The van der Waals surface area contributed by atoms with Gasteiger partial charge in [-0.25, -0.2) is 4.79 Å². The highest BCUT2D eigenvalue weighted by Crippen LogP contribution is 2.26. The quantitative estimate of drug-likeness (QED) is 0.142. The first-order valence-electron chi connectivity index (χ1n) is 8.97. The van der Waals surface area contributed by atoms with Crippen LogP contribution in [0.1, 0.15) is 48.0 Å². The Bertz CT molecular complexity index is 593. The van der Waals surface area contributed by atoms with Gasteiger partial charge >= 0.3 is 6.09 Å². The number of alkyl halides is 1. The third-order valence-corrected chi connectivity index (χ3v) is 4.73. The number of thioether (sulfide) groups is 1. The lowest BCUT2D eigenvalue weighted by molar-refractivity contribution is 0.0278. The number of carbonyl (C=O) groups is 1. The second-order valence-corrected chi connectivity index (χ2v) is 11.3. The van der Waals surface area contributed by atoms with Gasteiger partial charge in [-0.1, -0.05) is 42.7 Å². The number of amides is 1. The highest BCUT2D eigenvalue weighted by atomic mass is 127. The number of amidine groups is 1. The minimum atomic E-state index is -0.531. The van der Waals surface area contributed by atoms with Crippen LogP contribution in [0.15, 0.2) is 40.4 Å². The van der Waals surface area contributed by atoms with Crippen LogP contribution in [0.25, 0.3) is 0 Å². The first kappa shape index (κ1) is 26.0. The molecule has 7 heteroatoms. The van der Waals surface area contributed by atoms with Crippen molar-refractivity contribution < 1.29 is 9.53 Å². The molecule has 154 valence electrons. The smallest absolute Gasteiger partial charge is 0.410 e. The first-order valence-corrected chi connectivity index (χ1v) is 11.1. The fraction of sp³-hybridized carbons (Fsp3) is 0.600. The number of aliphatic imine (C=N–C) groups is 1. The van der Waals surface area contributed by atoms with Crippen molar-refractivity contribution in [1.82, 2.24) is 10.2 Å². The maximum Gasteiger partial charge on any atom is 0.410 e. The van der Waals surface area contributed by atoms with Crippen molar-refractivity contribution in [2.75, 3.05) is 20.1 Å². The Kier molecular flexibility index (Phi) is 12.0. The number of ether oxygens (including phenoxy) is 1. The first-order chi connectivity index (χ1) is 12.4. The second kappa shape index (κ2) is 12.5. The Labute approximate surface area is 182 Å². The predicted molar refractivity (Wildman–Crippen MR) is 128 cm³/mol. The van der Waals surface area contributed by atoms with E-state index in [1.807, 2.05) is 40.7 Å². The molecule has 1 N–H and O–H groups in total. The zero-order valence-electron chi connectivity index (χ0n) is 17.7. The summed E-state index contributed by atoms with van der Waals surface area (Å²) in [5.74, 6) is 0.660. The summed E-state index contributed by atoms with van der Waals surface area (Å²) in [5, 5.41) is 3.22. The normalized spacial score (nSPS) is 13.8. The lowest BCUT2D eigenvalue weighted by Crippen LogP contribution is -2.43. The highest BCUT2D eigenvalue weighted by Gasteiger charge is 2.22. The summed E-state index contributed by atoms with van der Waals surface area (Å²) in [6, 6.07) is 0. The van der Waals surface area contributed by atoms with Crippen molar-refractivity contribution in [2.45, 2.75) is 56.8 Å². The van der Waals surface area contributed by atoms with E-state index in [0.717, 1.165) is 22.6 Å². The number of rotatable bonds is 9. The van der Waals surface area contributed by atoms with Gasteiger partial charge < -0.3 is 15.0 Å². The third-order valence-electron chi connectivity index (χ3n) is 3.22. The maximum absolute atomic E-state index is 12.4. The van der Waals surface area contributed by atoms with E-state index >= 15 is 0 Å². The molecule has 0 bridgehead atoms. The average Bonchev–Trinajstić information content (AvgIpc) is 2.50. The number of allylic oxidation sites excluding steroid dienone is 2. The topological polar surface area (TPSA) is 53.9 Å². The lowest BCUT2D eigenvalue weighted by atomic mass is 10.2. The maximum atomic E-state index is 12.4. The van der Waals surface area contributed by atoms with Crippen LogP contribution < -0.4 is 5.32 Å². The number of hydrogen-bond donors (Lipinski definition) is 1. The van der Waals surface area contributed by atoms with Crippen molar-refractivity contribution >= 4 is 46.3 Å². The van der Waals surface area contributed by atoms with Crippen molar-refractivity contribution in [1.29, 1.82) is 0 Å². The zero-order valence-corrected chi connectivity index (χ0v) is 20.7. The molecule has 1 atom stereocenters. The molecule has 0 aromatic carbocycles. The second-order valence-electron chi connectivity index (χ2n) is 7.13. The third kappa shape index (κ3) is 12.2. The Hall–Kier alpha value is -0.960. The summed E-state index contributed by atoms with van der Waals surface area (Å²) < 4.78 is 5.94. The van der Waals surface area contributed by atoms with Gasteiger partial charge in [-0.05, 0) is 52.7 Å². The van der Waals surface area contributed by atoms with Gasteiger partial charge in [-0.15, -0.1) is 11.8 Å². The number of hydrogen-bond acceptors (Lipinski definition) is 4. The Morgan fingerprint density at radius 2 is 2.00 bits per heavy atom. The van der Waals surface area contributed by atoms with Gasteiger partial charge in [-0.2, -0.15) is 0 Å². The van der Waals surface area contributed by atoms with Crippen molar-refractivity contribution in [2.24, 2.45) is 4.99 Å². The number of nitrogens with zero attached hydrogens (tertiary/aromatic N) is 2. The van der Waals surface area contributed by atoms with E-state index in [4.69, 9.17) is 4.74 Å². The molecule has 1 unspecified atom stereocenters. The van der Waals surface area contributed by atoms with Gasteiger partial charge in [0.15, 0.2) is 0 Å². The largest absolute Gasteiger partial charge is 0.444 e.